The molecule has 3 aromatic rings. The van der Waals surface area contributed by atoms with E-state index in [1.165, 1.54) is 6.07 Å². The number of hydrogen-bond donors (Lipinski definition) is 2. The van der Waals surface area contributed by atoms with E-state index >= 15 is 0 Å². The van der Waals surface area contributed by atoms with Gasteiger partial charge in [-0.3, -0.25) is 4.79 Å². The highest BCUT2D eigenvalue weighted by atomic mass is 19.1. The fourth-order valence-corrected chi connectivity index (χ4v) is 4.00. The normalized spacial score (nSPS) is 15.2. The number of pyridine rings is 1. The van der Waals surface area contributed by atoms with E-state index in [2.05, 4.69) is 39.2 Å². The summed E-state index contributed by atoms with van der Waals surface area (Å²) in [4.78, 5) is 24.0. The number of aromatic amines is 1. The van der Waals surface area contributed by atoms with Crippen LogP contribution in [0, 0.1) is 5.82 Å². The minimum absolute atomic E-state index is 0.186. The minimum Gasteiger partial charge on any atom is -0.369 e. The number of nitrogens with one attached hydrogen (secondary N) is 2. The van der Waals surface area contributed by atoms with Crippen molar-refractivity contribution in [3.63, 3.8) is 0 Å². The van der Waals surface area contributed by atoms with Gasteiger partial charge >= 0.3 is 0 Å². The summed E-state index contributed by atoms with van der Waals surface area (Å²) in [5.41, 5.74) is 2.69. The number of nitrogens with zero attached hydrogens (tertiary/aromatic N) is 3. The molecule has 1 amide bonds. The van der Waals surface area contributed by atoms with E-state index in [1.54, 1.807) is 24.5 Å². The molecular formula is C22H26FN5O. The van der Waals surface area contributed by atoms with E-state index in [-0.39, 0.29) is 18.1 Å². The third kappa shape index (κ3) is 4.24. The molecule has 0 spiro atoms. The second-order valence-corrected chi connectivity index (χ2v) is 7.79. The average Bonchev–Trinajstić information content (AvgIpc) is 3.11. The van der Waals surface area contributed by atoms with Gasteiger partial charge in [-0.05, 0) is 62.8 Å². The van der Waals surface area contributed by atoms with Crippen molar-refractivity contribution < 1.29 is 9.18 Å². The molecule has 1 aliphatic heterocycles. The summed E-state index contributed by atoms with van der Waals surface area (Å²) in [6, 6.07) is 9.25. The Morgan fingerprint density at radius 1 is 1.31 bits per heavy atom. The number of fused-ring (bicyclic) bond motifs is 1. The molecule has 0 atom stereocenters. The maximum absolute atomic E-state index is 14.7. The summed E-state index contributed by atoms with van der Waals surface area (Å²) < 4.78 is 14.7. The Kier molecular flexibility index (Phi) is 5.49. The lowest BCUT2D eigenvalue weighted by Gasteiger charge is -2.36. The Labute approximate surface area is 169 Å². The molecule has 0 radical (unpaired) electrons. The molecule has 0 unspecified atom stereocenters. The zero-order valence-electron chi connectivity index (χ0n) is 16.8. The first-order chi connectivity index (χ1) is 14.0. The maximum Gasteiger partial charge on any atom is 0.228 e. The van der Waals surface area contributed by atoms with Gasteiger partial charge in [-0.25, -0.2) is 9.37 Å². The van der Waals surface area contributed by atoms with Crippen LogP contribution in [0.2, 0.25) is 0 Å². The number of benzene rings is 1. The van der Waals surface area contributed by atoms with E-state index in [9.17, 15) is 9.18 Å². The number of anilines is 2. The van der Waals surface area contributed by atoms with Crippen LogP contribution in [-0.4, -0.2) is 54.0 Å². The van der Waals surface area contributed by atoms with Gasteiger partial charge in [-0.15, -0.1) is 0 Å². The number of carbonyl (C=O) groups excluding carboxylic acids is 1. The number of halogens is 1. The first kappa shape index (κ1) is 19.4. The summed E-state index contributed by atoms with van der Waals surface area (Å²) in [6.07, 6.45) is 5.73. The van der Waals surface area contributed by atoms with Crippen LogP contribution in [0.25, 0.3) is 11.0 Å². The van der Waals surface area contributed by atoms with Crippen molar-refractivity contribution in [1.82, 2.24) is 14.9 Å². The number of amides is 1. The van der Waals surface area contributed by atoms with Gasteiger partial charge < -0.3 is 20.1 Å². The van der Waals surface area contributed by atoms with Crippen molar-refractivity contribution in [2.75, 3.05) is 37.4 Å². The summed E-state index contributed by atoms with van der Waals surface area (Å²) in [5, 5.41) is 3.72. The maximum atomic E-state index is 14.7. The van der Waals surface area contributed by atoms with Crippen LogP contribution in [0.4, 0.5) is 15.8 Å². The topological polar surface area (TPSA) is 64.3 Å². The van der Waals surface area contributed by atoms with E-state index in [1.807, 2.05) is 12.1 Å². The summed E-state index contributed by atoms with van der Waals surface area (Å²) in [6.45, 7) is 1.67. The molecule has 0 bridgehead atoms. The zero-order chi connectivity index (χ0) is 20.4. The molecule has 4 rings (SSSR count). The molecule has 1 fully saturated rings. The highest BCUT2D eigenvalue weighted by molar-refractivity contribution is 5.95. The van der Waals surface area contributed by atoms with E-state index < -0.39 is 0 Å². The zero-order valence-corrected chi connectivity index (χ0v) is 16.8. The first-order valence-electron chi connectivity index (χ1n) is 9.93. The van der Waals surface area contributed by atoms with Gasteiger partial charge in [0, 0.05) is 42.6 Å². The Balaban J connectivity index is 1.40. The van der Waals surface area contributed by atoms with Gasteiger partial charge in [-0.2, -0.15) is 0 Å². The molecule has 7 heteroatoms. The predicted molar refractivity (Wildman–Crippen MR) is 114 cm³/mol. The fourth-order valence-electron chi connectivity index (χ4n) is 4.00. The van der Waals surface area contributed by atoms with Crippen molar-refractivity contribution in [2.24, 2.45) is 0 Å². The Morgan fingerprint density at radius 3 is 2.83 bits per heavy atom. The van der Waals surface area contributed by atoms with Crippen molar-refractivity contribution in [3.8, 4) is 0 Å². The molecule has 0 aliphatic carbocycles. The summed E-state index contributed by atoms with van der Waals surface area (Å²) in [5.74, 6) is -0.490. The number of rotatable bonds is 5. The molecule has 152 valence electrons. The smallest absolute Gasteiger partial charge is 0.228 e. The molecule has 6 nitrogen and oxygen atoms in total. The van der Waals surface area contributed by atoms with Crippen LogP contribution in [0.3, 0.4) is 0 Å². The quantitative estimate of drug-likeness (QED) is 0.695. The predicted octanol–water partition coefficient (Wildman–Crippen LogP) is 3.41. The van der Waals surface area contributed by atoms with Crippen molar-refractivity contribution in [2.45, 2.75) is 25.3 Å². The van der Waals surface area contributed by atoms with Gasteiger partial charge in [0.1, 0.15) is 11.5 Å². The molecule has 1 saturated heterocycles. The highest BCUT2D eigenvalue weighted by Crippen LogP contribution is 2.27. The third-order valence-electron chi connectivity index (χ3n) is 5.65. The van der Waals surface area contributed by atoms with Crippen LogP contribution >= 0.6 is 0 Å². The monoisotopic (exact) mass is 395 g/mol. The summed E-state index contributed by atoms with van der Waals surface area (Å²) >= 11 is 0. The molecule has 29 heavy (non-hydrogen) atoms. The SMILES string of the molecule is CN(C)C1CCN(c2ccc(NC(=O)Cc3c[nH]c4ncccc34)cc2F)CC1. The number of piperidine rings is 1. The minimum atomic E-state index is -0.303. The average molecular weight is 395 g/mol. The fraction of sp³-hybridized carbons (Fsp3) is 0.364. The van der Waals surface area contributed by atoms with E-state index in [4.69, 9.17) is 0 Å². The van der Waals surface area contributed by atoms with Crippen molar-refractivity contribution in [1.29, 1.82) is 0 Å². The largest absolute Gasteiger partial charge is 0.369 e. The molecule has 1 aliphatic rings. The van der Waals surface area contributed by atoms with E-state index in [0.717, 1.165) is 42.5 Å². The third-order valence-corrected chi connectivity index (χ3v) is 5.65. The molecule has 1 aromatic carbocycles. The lowest BCUT2D eigenvalue weighted by atomic mass is 10.0. The van der Waals surface area contributed by atoms with E-state index in [0.29, 0.717) is 17.4 Å². The lowest BCUT2D eigenvalue weighted by molar-refractivity contribution is -0.115. The van der Waals surface area contributed by atoms with Gasteiger partial charge in [-0.1, -0.05) is 0 Å². The van der Waals surface area contributed by atoms with Crippen LogP contribution in [0.5, 0.6) is 0 Å². The first-order valence-corrected chi connectivity index (χ1v) is 9.93. The Hall–Kier alpha value is -2.93. The molecule has 2 aromatic heterocycles. The Morgan fingerprint density at radius 2 is 2.10 bits per heavy atom. The molecule has 2 N–H and O–H groups in total. The van der Waals surface area contributed by atoms with Gasteiger partial charge in [0.2, 0.25) is 5.91 Å². The molecular weight excluding hydrogens is 369 g/mol. The van der Waals surface area contributed by atoms with Crippen LogP contribution in [-0.2, 0) is 11.2 Å². The van der Waals surface area contributed by atoms with Crippen molar-refractivity contribution >= 4 is 28.3 Å². The van der Waals surface area contributed by atoms with Gasteiger partial charge in [0.05, 0.1) is 12.1 Å². The number of hydrogen-bond acceptors (Lipinski definition) is 4. The number of aromatic nitrogens is 2. The van der Waals surface area contributed by atoms with Gasteiger partial charge in [0.25, 0.3) is 0 Å². The van der Waals surface area contributed by atoms with Crippen LogP contribution in [0.1, 0.15) is 18.4 Å². The Bertz CT molecular complexity index is 1010. The standard InChI is InChI=1S/C22H26FN5O/c1-27(2)17-7-10-28(11-8-17)20-6-5-16(13-19(20)23)26-21(29)12-15-14-25-22-18(15)4-3-9-24-22/h3-6,9,13-14,17H,7-8,10-12H2,1-2H3,(H,24,25)(H,26,29). The molecule has 3 heterocycles. The highest BCUT2D eigenvalue weighted by Gasteiger charge is 2.22. The second-order valence-electron chi connectivity index (χ2n) is 7.79. The van der Waals surface area contributed by atoms with Gasteiger partial charge in [0.15, 0.2) is 0 Å². The molecule has 0 saturated carbocycles. The second kappa shape index (κ2) is 8.21. The lowest BCUT2D eigenvalue weighted by Crippen LogP contribution is -2.42. The number of carbonyl (C=O) groups is 1. The van der Waals surface area contributed by atoms with Crippen molar-refractivity contribution in [3.05, 3.63) is 54.1 Å². The number of H-pyrrole nitrogens is 1. The van der Waals surface area contributed by atoms with Crippen LogP contribution < -0.4 is 10.2 Å². The summed E-state index contributed by atoms with van der Waals surface area (Å²) in [7, 11) is 4.18. The van der Waals surface area contributed by atoms with Crippen LogP contribution in [0.15, 0.2) is 42.7 Å².